The maximum absolute atomic E-state index is 12.6. The highest BCUT2D eigenvalue weighted by Crippen LogP contribution is 2.27. The SMILES string of the molecule is COc1ccc(CCNc2ccc(C(=O)N3CCCC(C)C3)cn2)cc1OC. The second kappa shape index (κ2) is 9.44. The lowest BCUT2D eigenvalue weighted by Crippen LogP contribution is -2.39. The minimum absolute atomic E-state index is 0.0796. The fourth-order valence-corrected chi connectivity index (χ4v) is 3.55. The second-order valence-corrected chi connectivity index (χ2v) is 7.30. The van der Waals surface area contributed by atoms with E-state index in [1.807, 2.05) is 35.2 Å². The largest absolute Gasteiger partial charge is 0.493 e. The lowest BCUT2D eigenvalue weighted by molar-refractivity contribution is 0.0682. The van der Waals surface area contributed by atoms with E-state index >= 15 is 0 Å². The van der Waals surface area contributed by atoms with Crippen LogP contribution in [-0.4, -0.2) is 49.6 Å². The van der Waals surface area contributed by atoms with Gasteiger partial charge < -0.3 is 19.7 Å². The normalized spacial score (nSPS) is 16.5. The van der Waals surface area contributed by atoms with Crippen LogP contribution in [-0.2, 0) is 6.42 Å². The van der Waals surface area contributed by atoms with E-state index in [9.17, 15) is 4.79 Å². The predicted molar refractivity (Wildman–Crippen MR) is 110 cm³/mol. The number of benzene rings is 1. The van der Waals surface area contributed by atoms with Crippen molar-refractivity contribution in [2.45, 2.75) is 26.2 Å². The number of nitrogens with zero attached hydrogens (tertiary/aromatic N) is 2. The van der Waals surface area contributed by atoms with Crippen molar-refractivity contribution < 1.29 is 14.3 Å². The number of likely N-dealkylation sites (tertiary alicyclic amines) is 1. The van der Waals surface area contributed by atoms with Crippen LogP contribution in [0.2, 0.25) is 0 Å². The van der Waals surface area contributed by atoms with E-state index in [0.29, 0.717) is 11.5 Å². The molecule has 1 saturated heterocycles. The first kappa shape index (κ1) is 20.0. The van der Waals surface area contributed by atoms with Gasteiger partial charge in [-0.25, -0.2) is 4.98 Å². The number of hydrogen-bond donors (Lipinski definition) is 1. The molecule has 150 valence electrons. The van der Waals surface area contributed by atoms with Crippen LogP contribution in [0.25, 0.3) is 0 Å². The first-order valence-corrected chi connectivity index (χ1v) is 9.81. The molecule has 3 rings (SSSR count). The number of piperidine rings is 1. The lowest BCUT2D eigenvalue weighted by Gasteiger charge is -2.30. The van der Waals surface area contributed by atoms with Crippen molar-refractivity contribution in [1.29, 1.82) is 0 Å². The van der Waals surface area contributed by atoms with Crippen molar-refractivity contribution >= 4 is 11.7 Å². The van der Waals surface area contributed by atoms with Gasteiger partial charge in [-0.1, -0.05) is 13.0 Å². The minimum Gasteiger partial charge on any atom is -0.493 e. The Kier molecular flexibility index (Phi) is 6.74. The highest BCUT2D eigenvalue weighted by atomic mass is 16.5. The van der Waals surface area contributed by atoms with E-state index in [0.717, 1.165) is 55.4 Å². The summed E-state index contributed by atoms with van der Waals surface area (Å²) in [5, 5.41) is 3.30. The summed E-state index contributed by atoms with van der Waals surface area (Å²) in [7, 11) is 3.27. The van der Waals surface area contributed by atoms with Gasteiger partial charge >= 0.3 is 0 Å². The molecule has 1 N–H and O–H groups in total. The molecule has 6 heteroatoms. The number of carbonyl (C=O) groups excluding carboxylic acids is 1. The number of rotatable bonds is 7. The van der Waals surface area contributed by atoms with Crippen molar-refractivity contribution in [3.63, 3.8) is 0 Å². The molecule has 0 saturated carbocycles. The number of methoxy groups -OCH3 is 2. The first-order valence-electron chi connectivity index (χ1n) is 9.81. The van der Waals surface area contributed by atoms with Gasteiger partial charge in [-0.05, 0) is 55.0 Å². The zero-order valence-electron chi connectivity index (χ0n) is 16.9. The van der Waals surface area contributed by atoms with Crippen molar-refractivity contribution in [1.82, 2.24) is 9.88 Å². The molecule has 28 heavy (non-hydrogen) atoms. The van der Waals surface area contributed by atoms with Gasteiger partial charge in [0.15, 0.2) is 11.5 Å². The van der Waals surface area contributed by atoms with Gasteiger partial charge in [0.25, 0.3) is 5.91 Å². The van der Waals surface area contributed by atoms with Gasteiger partial charge in [0.1, 0.15) is 5.82 Å². The maximum atomic E-state index is 12.6. The number of carbonyl (C=O) groups is 1. The Labute approximate surface area is 166 Å². The zero-order chi connectivity index (χ0) is 19.9. The quantitative estimate of drug-likeness (QED) is 0.791. The summed E-state index contributed by atoms with van der Waals surface area (Å²) in [6, 6.07) is 9.64. The van der Waals surface area contributed by atoms with Gasteiger partial charge in [0.05, 0.1) is 19.8 Å². The van der Waals surface area contributed by atoms with E-state index in [1.165, 1.54) is 6.42 Å². The Morgan fingerprint density at radius 3 is 2.71 bits per heavy atom. The Morgan fingerprint density at radius 2 is 2.04 bits per heavy atom. The van der Waals surface area contributed by atoms with Crippen molar-refractivity contribution in [2.75, 3.05) is 39.2 Å². The number of anilines is 1. The van der Waals surface area contributed by atoms with Crippen LogP contribution in [0.1, 0.15) is 35.7 Å². The molecule has 1 aliphatic rings. The molecule has 0 bridgehead atoms. The number of nitrogens with one attached hydrogen (secondary N) is 1. The van der Waals surface area contributed by atoms with E-state index in [4.69, 9.17) is 9.47 Å². The molecule has 1 amide bonds. The summed E-state index contributed by atoms with van der Waals surface area (Å²) in [6.45, 7) is 4.61. The number of hydrogen-bond acceptors (Lipinski definition) is 5. The molecule has 1 unspecified atom stereocenters. The summed E-state index contributed by atoms with van der Waals surface area (Å²) in [6.07, 6.45) is 4.77. The molecule has 0 aliphatic carbocycles. The van der Waals surface area contributed by atoms with E-state index in [-0.39, 0.29) is 5.91 Å². The minimum atomic E-state index is 0.0796. The zero-order valence-corrected chi connectivity index (χ0v) is 16.9. The van der Waals surface area contributed by atoms with E-state index in [1.54, 1.807) is 20.4 Å². The summed E-state index contributed by atoms with van der Waals surface area (Å²) in [5.74, 6) is 2.88. The first-order chi connectivity index (χ1) is 13.6. The molecule has 2 aromatic rings. The van der Waals surface area contributed by atoms with Gasteiger partial charge in [-0.2, -0.15) is 0 Å². The third kappa shape index (κ3) is 4.94. The monoisotopic (exact) mass is 383 g/mol. The molecule has 1 fully saturated rings. The van der Waals surface area contributed by atoms with Gasteiger partial charge in [0, 0.05) is 25.8 Å². The fraction of sp³-hybridized carbons (Fsp3) is 0.455. The Balaban J connectivity index is 1.52. The van der Waals surface area contributed by atoms with Crippen LogP contribution in [0.4, 0.5) is 5.82 Å². The highest BCUT2D eigenvalue weighted by Gasteiger charge is 2.22. The Hall–Kier alpha value is -2.76. The topological polar surface area (TPSA) is 63.7 Å². The lowest BCUT2D eigenvalue weighted by atomic mass is 10.00. The van der Waals surface area contributed by atoms with Crippen LogP contribution in [0.5, 0.6) is 11.5 Å². The van der Waals surface area contributed by atoms with Gasteiger partial charge in [0.2, 0.25) is 0 Å². The van der Waals surface area contributed by atoms with Gasteiger partial charge in [-0.3, -0.25) is 4.79 Å². The van der Waals surface area contributed by atoms with Gasteiger partial charge in [-0.15, -0.1) is 0 Å². The van der Waals surface area contributed by atoms with Crippen molar-refractivity contribution in [3.8, 4) is 11.5 Å². The molecule has 1 aliphatic heterocycles. The standard InChI is InChI=1S/C22H29N3O3/c1-16-5-4-12-25(15-16)22(26)18-7-9-21(24-14-18)23-11-10-17-6-8-19(27-2)20(13-17)28-3/h6-9,13-14,16H,4-5,10-12,15H2,1-3H3,(H,23,24). The van der Waals surface area contributed by atoms with E-state index in [2.05, 4.69) is 17.2 Å². The van der Waals surface area contributed by atoms with Crippen molar-refractivity contribution in [2.24, 2.45) is 5.92 Å². The maximum Gasteiger partial charge on any atom is 0.255 e. The molecule has 1 atom stereocenters. The van der Waals surface area contributed by atoms with Crippen molar-refractivity contribution in [3.05, 3.63) is 47.7 Å². The molecule has 1 aromatic heterocycles. The number of aromatic nitrogens is 1. The van der Waals surface area contributed by atoms with Crippen LogP contribution in [0.15, 0.2) is 36.5 Å². The van der Waals surface area contributed by atoms with E-state index < -0.39 is 0 Å². The number of ether oxygens (including phenoxy) is 2. The summed E-state index contributed by atoms with van der Waals surface area (Å²) in [5.41, 5.74) is 1.80. The smallest absolute Gasteiger partial charge is 0.255 e. The Bertz CT molecular complexity index is 792. The van der Waals surface area contributed by atoms with Crippen LogP contribution in [0, 0.1) is 5.92 Å². The molecule has 0 spiro atoms. The average Bonchev–Trinajstić information content (AvgIpc) is 2.73. The summed E-state index contributed by atoms with van der Waals surface area (Å²) >= 11 is 0. The Morgan fingerprint density at radius 1 is 1.21 bits per heavy atom. The molecule has 6 nitrogen and oxygen atoms in total. The highest BCUT2D eigenvalue weighted by molar-refractivity contribution is 5.94. The third-order valence-corrected chi connectivity index (χ3v) is 5.12. The summed E-state index contributed by atoms with van der Waals surface area (Å²) < 4.78 is 10.6. The molecule has 1 aromatic carbocycles. The number of pyridine rings is 1. The van der Waals surface area contributed by atoms with Crippen LogP contribution < -0.4 is 14.8 Å². The molecular weight excluding hydrogens is 354 g/mol. The van der Waals surface area contributed by atoms with Crippen LogP contribution >= 0.6 is 0 Å². The second-order valence-electron chi connectivity index (χ2n) is 7.30. The molecule has 2 heterocycles. The van der Waals surface area contributed by atoms with Crippen LogP contribution in [0.3, 0.4) is 0 Å². The fourth-order valence-electron chi connectivity index (χ4n) is 3.55. The average molecular weight is 383 g/mol. The third-order valence-electron chi connectivity index (χ3n) is 5.12. The molecule has 0 radical (unpaired) electrons. The predicted octanol–water partition coefficient (Wildman–Crippen LogP) is 3.63. The molecular formula is C22H29N3O3. The summed E-state index contributed by atoms with van der Waals surface area (Å²) in [4.78, 5) is 19.0. The number of amides is 1.